The molecule has 4 rings (SSSR count). The molecule has 144 valence electrons. The Balaban J connectivity index is 1.39. The van der Waals surface area contributed by atoms with Gasteiger partial charge in [0.1, 0.15) is 19.6 Å². The van der Waals surface area contributed by atoms with Crippen LogP contribution in [0.3, 0.4) is 0 Å². The van der Waals surface area contributed by atoms with Gasteiger partial charge in [0.15, 0.2) is 0 Å². The molecule has 1 aromatic heterocycles. The van der Waals surface area contributed by atoms with E-state index in [1.807, 2.05) is 0 Å². The molecular formula is C22H29N2O2S+. The first kappa shape index (κ1) is 18.7. The maximum atomic E-state index is 12.7. The minimum atomic E-state index is 0.0709. The number of fused-ring (bicyclic) bond motifs is 1. The summed E-state index contributed by atoms with van der Waals surface area (Å²) < 4.78 is 5.46. The number of thiophene rings is 1. The highest BCUT2D eigenvalue weighted by atomic mass is 32.1. The Morgan fingerprint density at radius 1 is 1.07 bits per heavy atom. The third kappa shape index (κ3) is 4.78. The van der Waals surface area contributed by atoms with Crippen LogP contribution in [0.4, 0.5) is 0 Å². The summed E-state index contributed by atoms with van der Waals surface area (Å²) in [7, 11) is 0. The molecule has 0 radical (unpaired) electrons. The van der Waals surface area contributed by atoms with E-state index in [9.17, 15) is 4.79 Å². The van der Waals surface area contributed by atoms with Crippen LogP contribution in [0.1, 0.15) is 50.5 Å². The first-order chi connectivity index (χ1) is 13.3. The van der Waals surface area contributed by atoms with E-state index in [1.54, 1.807) is 16.2 Å². The second-order valence-electron chi connectivity index (χ2n) is 7.61. The fraction of sp³-hybridized carbons (Fsp3) is 0.500. The second-order valence-corrected chi connectivity index (χ2v) is 8.75. The number of benzene rings is 1. The van der Waals surface area contributed by atoms with Crippen molar-refractivity contribution in [3.05, 3.63) is 56.8 Å². The lowest BCUT2D eigenvalue weighted by Crippen LogP contribution is -3.12. The molecule has 2 aliphatic rings. The van der Waals surface area contributed by atoms with Crippen LogP contribution >= 0.6 is 11.3 Å². The molecule has 2 heterocycles. The molecule has 27 heavy (non-hydrogen) atoms. The van der Waals surface area contributed by atoms with Crippen molar-refractivity contribution in [3.63, 3.8) is 0 Å². The zero-order chi connectivity index (χ0) is 18.5. The van der Waals surface area contributed by atoms with Crippen LogP contribution in [0, 0.1) is 0 Å². The van der Waals surface area contributed by atoms with Crippen LogP contribution in [0.2, 0.25) is 0 Å². The minimum absolute atomic E-state index is 0.0709. The summed E-state index contributed by atoms with van der Waals surface area (Å²) in [5, 5.41) is 3.16. The molecule has 2 N–H and O–H groups in total. The lowest BCUT2D eigenvalue weighted by Gasteiger charge is -2.24. The summed E-state index contributed by atoms with van der Waals surface area (Å²) in [4.78, 5) is 16.6. The zero-order valence-electron chi connectivity index (χ0n) is 15.9. The first-order valence-corrected chi connectivity index (χ1v) is 11.0. The third-order valence-corrected chi connectivity index (χ3v) is 6.90. The predicted octanol–water partition coefficient (Wildman–Crippen LogP) is 2.36. The van der Waals surface area contributed by atoms with Gasteiger partial charge < -0.3 is 15.0 Å². The van der Waals surface area contributed by atoms with E-state index in [2.05, 4.69) is 35.6 Å². The van der Waals surface area contributed by atoms with Gasteiger partial charge in [-0.3, -0.25) is 4.79 Å². The number of amides is 1. The lowest BCUT2D eigenvalue weighted by molar-refractivity contribution is -0.921. The van der Waals surface area contributed by atoms with Gasteiger partial charge in [0.25, 0.3) is 5.91 Å². The number of morpholine rings is 1. The van der Waals surface area contributed by atoms with Crippen molar-refractivity contribution < 1.29 is 14.4 Å². The molecule has 0 atom stereocenters. The zero-order valence-corrected chi connectivity index (χ0v) is 16.7. The molecule has 1 saturated heterocycles. The smallest absolute Gasteiger partial charge is 0.261 e. The van der Waals surface area contributed by atoms with Crippen LogP contribution in [-0.2, 0) is 30.7 Å². The number of carbonyl (C=O) groups excluding carboxylic acids is 1. The number of hydrogen-bond acceptors (Lipinski definition) is 3. The van der Waals surface area contributed by atoms with E-state index in [0.29, 0.717) is 6.54 Å². The number of quaternary nitrogens is 1. The summed E-state index contributed by atoms with van der Waals surface area (Å²) >= 11 is 1.69. The molecule has 0 spiro atoms. The molecule has 0 unspecified atom stereocenters. The van der Waals surface area contributed by atoms with Gasteiger partial charge in [0.2, 0.25) is 0 Å². The Morgan fingerprint density at radius 2 is 1.85 bits per heavy atom. The van der Waals surface area contributed by atoms with Gasteiger partial charge in [-0.05, 0) is 42.9 Å². The Hall–Kier alpha value is -1.69. The minimum Gasteiger partial charge on any atom is -0.370 e. The van der Waals surface area contributed by atoms with Gasteiger partial charge in [0.05, 0.1) is 18.1 Å². The summed E-state index contributed by atoms with van der Waals surface area (Å²) in [6, 6.07) is 10.6. The molecule has 1 aromatic carbocycles. The standard InChI is InChI=1S/C22H28N2O2S/c25-22(21-14-17-6-2-1-3-9-20(17)27-21)23-15-18-7-4-5-8-19(18)16-24-10-12-26-13-11-24/h4-5,7-8,14H,1-3,6,9-13,15-16H2,(H,23,25)/p+1. The van der Waals surface area contributed by atoms with E-state index >= 15 is 0 Å². The van der Waals surface area contributed by atoms with Crippen LogP contribution in [0.15, 0.2) is 30.3 Å². The molecule has 1 amide bonds. The number of aryl methyl sites for hydroxylation is 2. The lowest BCUT2D eigenvalue weighted by atomic mass is 10.1. The van der Waals surface area contributed by atoms with E-state index in [1.165, 1.54) is 40.8 Å². The SMILES string of the molecule is O=C(NCc1ccccc1C[NH+]1CCOCC1)c1cc2c(s1)CCCCC2. The van der Waals surface area contributed by atoms with Crippen molar-refractivity contribution in [2.45, 2.75) is 45.2 Å². The Kier molecular flexibility index (Phi) is 6.22. The number of hydrogen-bond donors (Lipinski definition) is 2. The van der Waals surface area contributed by atoms with Crippen molar-refractivity contribution in [2.75, 3.05) is 26.3 Å². The fourth-order valence-electron chi connectivity index (χ4n) is 4.05. The average molecular weight is 386 g/mol. The second kappa shape index (κ2) is 9.00. The van der Waals surface area contributed by atoms with Crippen LogP contribution in [-0.4, -0.2) is 32.2 Å². The highest BCUT2D eigenvalue weighted by Crippen LogP contribution is 2.29. The highest BCUT2D eigenvalue weighted by molar-refractivity contribution is 7.14. The Labute approximate surface area is 165 Å². The van der Waals surface area contributed by atoms with Gasteiger partial charge in [0, 0.05) is 17.0 Å². The molecule has 1 fully saturated rings. The summed E-state index contributed by atoms with van der Waals surface area (Å²) in [6.07, 6.45) is 6.08. The predicted molar refractivity (Wildman–Crippen MR) is 108 cm³/mol. The molecule has 1 aliphatic carbocycles. The van der Waals surface area contributed by atoms with Crippen LogP contribution in [0.5, 0.6) is 0 Å². The molecule has 2 aromatic rings. The maximum absolute atomic E-state index is 12.7. The Morgan fingerprint density at radius 3 is 2.70 bits per heavy atom. The number of rotatable bonds is 5. The van der Waals surface area contributed by atoms with E-state index < -0.39 is 0 Å². The molecule has 0 bridgehead atoms. The number of nitrogens with one attached hydrogen (secondary N) is 2. The molecule has 0 saturated carbocycles. The normalized spacial score (nSPS) is 17.9. The van der Waals surface area contributed by atoms with Gasteiger partial charge in [-0.2, -0.15) is 0 Å². The average Bonchev–Trinajstić information content (AvgIpc) is 2.98. The van der Waals surface area contributed by atoms with E-state index in [-0.39, 0.29) is 5.91 Å². The van der Waals surface area contributed by atoms with Crippen molar-refractivity contribution >= 4 is 17.2 Å². The van der Waals surface area contributed by atoms with Crippen molar-refractivity contribution in [1.82, 2.24) is 5.32 Å². The van der Waals surface area contributed by atoms with E-state index in [0.717, 1.165) is 50.6 Å². The van der Waals surface area contributed by atoms with Gasteiger partial charge in [-0.25, -0.2) is 0 Å². The van der Waals surface area contributed by atoms with Crippen molar-refractivity contribution in [2.24, 2.45) is 0 Å². The van der Waals surface area contributed by atoms with E-state index in [4.69, 9.17) is 4.74 Å². The van der Waals surface area contributed by atoms with Gasteiger partial charge in [-0.1, -0.05) is 30.7 Å². The fourth-order valence-corrected chi connectivity index (χ4v) is 5.22. The van der Waals surface area contributed by atoms with Crippen molar-refractivity contribution in [3.8, 4) is 0 Å². The monoisotopic (exact) mass is 385 g/mol. The highest BCUT2D eigenvalue weighted by Gasteiger charge is 2.18. The Bertz CT molecular complexity index is 757. The summed E-state index contributed by atoms with van der Waals surface area (Å²) in [5.41, 5.74) is 3.96. The molecule has 1 aliphatic heterocycles. The molecular weight excluding hydrogens is 356 g/mol. The number of ether oxygens (including phenoxy) is 1. The van der Waals surface area contributed by atoms with Crippen molar-refractivity contribution in [1.29, 1.82) is 0 Å². The quantitative estimate of drug-likeness (QED) is 0.776. The summed E-state index contributed by atoms with van der Waals surface area (Å²) in [5.74, 6) is 0.0709. The van der Waals surface area contributed by atoms with Crippen LogP contribution in [0.25, 0.3) is 0 Å². The van der Waals surface area contributed by atoms with Crippen LogP contribution < -0.4 is 10.2 Å². The molecule has 5 heteroatoms. The van der Waals surface area contributed by atoms with Gasteiger partial charge in [-0.15, -0.1) is 11.3 Å². The first-order valence-electron chi connectivity index (χ1n) is 10.2. The number of carbonyl (C=O) groups is 1. The summed E-state index contributed by atoms with van der Waals surface area (Å²) in [6.45, 7) is 5.40. The van der Waals surface area contributed by atoms with Gasteiger partial charge >= 0.3 is 0 Å². The maximum Gasteiger partial charge on any atom is 0.261 e. The largest absolute Gasteiger partial charge is 0.370 e. The third-order valence-electron chi connectivity index (χ3n) is 5.67. The topological polar surface area (TPSA) is 42.8 Å². The molecule has 4 nitrogen and oxygen atoms in total.